The Morgan fingerprint density at radius 1 is 0.833 bits per heavy atom. The number of nitrogens with zero attached hydrogens (tertiary/aromatic N) is 4. The number of benzene rings is 2. The second-order valence-electron chi connectivity index (χ2n) is 6.31. The van der Waals surface area contributed by atoms with Gasteiger partial charge in [-0.25, -0.2) is 9.69 Å². The van der Waals surface area contributed by atoms with Gasteiger partial charge in [0.1, 0.15) is 0 Å². The van der Waals surface area contributed by atoms with E-state index < -0.39 is 6.09 Å². The molecule has 0 spiro atoms. The lowest BCUT2D eigenvalue weighted by molar-refractivity contribution is 0.204. The summed E-state index contributed by atoms with van der Waals surface area (Å²) in [6.45, 7) is 0. The van der Waals surface area contributed by atoms with Crippen LogP contribution in [-0.2, 0) is 0 Å². The zero-order valence-electron chi connectivity index (χ0n) is 14.6. The van der Waals surface area contributed by atoms with Crippen molar-refractivity contribution in [3.8, 4) is 0 Å². The number of anilines is 6. The molecule has 0 fully saturated rings. The lowest BCUT2D eigenvalue weighted by Gasteiger charge is -2.37. The first kappa shape index (κ1) is 16.0. The van der Waals surface area contributed by atoms with Gasteiger partial charge in [0, 0.05) is 46.6 Å². The molecule has 0 aromatic heterocycles. The van der Waals surface area contributed by atoms with Crippen LogP contribution in [0.1, 0.15) is 0 Å². The van der Waals surface area contributed by atoms with Crippen LogP contribution in [-0.4, -0.2) is 46.4 Å². The summed E-state index contributed by atoms with van der Waals surface area (Å²) >= 11 is 0. The van der Waals surface area contributed by atoms with Crippen molar-refractivity contribution in [2.45, 2.75) is 0 Å². The highest BCUT2D eigenvalue weighted by Crippen LogP contribution is 2.49. The molecule has 0 saturated carbocycles. The number of carbonyl (C=O) groups is 1. The van der Waals surface area contributed by atoms with E-state index >= 15 is 0 Å². The maximum absolute atomic E-state index is 11.9. The molecule has 6 nitrogen and oxygen atoms in total. The highest BCUT2D eigenvalue weighted by atomic mass is 16.4. The van der Waals surface area contributed by atoms with E-state index in [-0.39, 0.29) is 0 Å². The van der Waals surface area contributed by atoms with E-state index in [0.29, 0.717) is 11.4 Å². The summed E-state index contributed by atoms with van der Waals surface area (Å²) in [6, 6.07) is 11.6. The molecule has 2 aromatic carbocycles. The lowest BCUT2D eigenvalue weighted by Crippen LogP contribution is -2.31. The fourth-order valence-electron chi connectivity index (χ4n) is 2.96. The van der Waals surface area contributed by atoms with E-state index in [4.69, 9.17) is 0 Å². The molecule has 6 heteroatoms. The van der Waals surface area contributed by atoms with Crippen LogP contribution in [0.15, 0.2) is 36.4 Å². The van der Waals surface area contributed by atoms with Crippen molar-refractivity contribution in [2.75, 3.05) is 54.8 Å². The maximum Gasteiger partial charge on any atom is 0.416 e. The molecule has 1 heterocycles. The topological polar surface area (TPSA) is 50.3 Å². The molecule has 0 atom stereocenters. The minimum absolute atomic E-state index is 0.667. The molecule has 0 bridgehead atoms. The van der Waals surface area contributed by atoms with Gasteiger partial charge in [0.25, 0.3) is 0 Å². The summed E-state index contributed by atoms with van der Waals surface area (Å²) in [5, 5.41) is 9.76. The summed E-state index contributed by atoms with van der Waals surface area (Å²) in [6.07, 6.45) is -0.985. The Balaban J connectivity index is 2.23. The van der Waals surface area contributed by atoms with Gasteiger partial charge in [-0.15, -0.1) is 0 Å². The van der Waals surface area contributed by atoms with Gasteiger partial charge in [-0.1, -0.05) is 0 Å². The van der Waals surface area contributed by atoms with E-state index in [1.54, 1.807) is 0 Å². The summed E-state index contributed by atoms with van der Waals surface area (Å²) in [5.74, 6) is 0. The van der Waals surface area contributed by atoms with Crippen LogP contribution in [0.5, 0.6) is 0 Å². The Hall–Kier alpha value is -2.89. The number of hydrogen-bond donors (Lipinski definition) is 1. The third kappa shape index (κ3) is 2.40. The summed E-state index contributed by atoms with van der Waals surface area (Å²) in [4.78, 5) is 19.3. The van der Waals surface area contributed by atoms with E-state index in [0.717, 1.165) is 22.7 Å². The van der Waals surface area contributed by atoms with Crippen molar-refractivity contribution in [3.05, 3.63) is 36.4 Å². The van der Waals surface area contributed by atoms with E-state index in [1.165, 1.54) is 4.90 Å². The van der Waals surface area contributed by atoms with Crippen LogP contribution in [0, 0.1) is 0 Å². The first-order chi connectivity index (χ1) is 11.3. The van der Waals surface area contributed by atoms with E-state index in [9.17, 15) is 9.90 Å². The van der Waals surface area contributed by atoms with Crippen LogP contribution in [0.3, 0.4) is 0 Å². The molecule has 24 heavy (non-hydrogen) atoms. The van der Waals surface area contributed by atoms with Crippen LogP contribution in [0.2, 0.25) is 0 Å². The Bertz CT molecular complexity index is 742. The Kier molecular flexibility index (Phi) is 3.75. The highest BCUT2D eigenvalue weighted by molar-refractivity contribution is 6.07. The molecule has 1 aliphatic heterocycles. The molecule has 0 unspecified atom stereocenters. The first-order valence-corrected chi connectivity index (χ1v) is 7.71. The second-order valence-corrected chi connectivity index (χ2v) is 6.31. The summed E-state index contributed by atoms with van der Waals surface area (Å²) in [5.41, 5.74) is 5.12. The van der Waals surface area contributed by atoms with E-state index in [2.05, 4.69) is 0 Å². The van der Waals surface area contributed by atoms with Crippen molar-refractivity contribution < 1.29 is 9.90 Å². The number of hydrogen-bond acceptors (Lipinski definition) is 4. The van der Waals surface area contributed by atoms with Gasteiger partial charge in [-0.3, -0.25) is 0 Å². The minimum atomic E-state index is -0.985. The van der Waals surface area contributed by atoms with Gasteiger partial charge in [-0.05, 0) is 36.4 Å². The largest absolute Gasteiger partial charge is 0.464 e. The molecule has 3 rings (SSSR count). The van der Waals surface area contributed by atoms with Gasteiger partial charge in [0.2, 0.25) is 0 Å². The van der Waals surface area contributed by atoms with Crippen LogP contribution in [0.4, 0.5) is 38.9 Å². The third-order valence-corrected chi connectivity index (χ3v) is 4.35. The monoisotopic (exact) mass is 326 g/mol. The van der Waals surface area contributed by atoms with Gasteiger partial charge >= 0.3 is 6.09 Å². The molecular weight excluding hydrogens is 304 g/mol. The van der Waals surface area contributed by atoms with Crippen LogP contribution >= 0.6 is 0 Å². The van der Waals surface area contributed by atoms with Crippen molar-refractivity contribution in [1.82, 2.24) is 0 Å². The Morgan fingerprint density at radius 3 is 1.58 bits per heavy atom. The molecule has 1 N–H and O–H groups in total. The molecule has 0 radical (unpaired) electrons. The zero-order valence-corrected chi connectivity index (χ0v) is 14.6. The normalized spacial score (nSPS) is 12.5. The highest BCUT2D eigenvalue weighted by Gasteiger charge is 2.31. The second kappa shape index (κ2) is 5.63. The Labute approximate surface area is 142 Å². The molecule has 0 saturated heterocycles. The Morgan fingerprint density at radius 2 is 1.25 bits per heavy atom. The molecule has 1 aliphatic rings. The number of rotatable bonds is 2. The lowest BCUT2D eigenvalue weighted by atomic mass is 10.1. The summed E-state index contributed by atoms with van der Waals surface area (Å²) in [7, 11) is 9.85. The zero-order chi connectivity index (χ0) is 17.6. The van der Waals surface area contributed by atoms with Crippen LogP contribution in [0.25, 0.3) is 0 Å². The first-order valence-electron chi connectivity index (χ1n) is 7.71. The summed E-state index contributed by atoms with van der Waals surface area (Å²) < 4.78 is 0. The van der Waals surface area contributed by atoms with Crippen LogP contribution < -0.4 is 19.6 Å². The predicted octanol–water partition coefficient (Wildman–Crippen LogP) is 3.72. The molecular formula is C18H22N4O2. The standard InChI is InChI=1S/C18H22N4O2/c1-19(2)12-6-8-14-16(10-12)21(5)17-11-13(20(3)4)7-9-15(17)22(14)18(23)24/h6-11H,1-5H3,(H,23,24). The van der Waals surface area contributed by atoms with Gasteiger partial charge in [0.05, 0.1) is 22.7 Å². The average Bonchev–Trinajstić information content (AvgIpc) is 2.54. The van der Waals surface area contributed by atoms with Crippen molar-refractivity contribution >= 4 is 40.2 Å². The quantitative estimate of drug-likeness (QED) is 0.911. The molecule has 0 aliphatic carbocycles. The fourth-order valence-corrected chi connectivity index (χ4v) is 2.96. The predicted molar refractivity (Wildman–Crippen MR) is 99.8 cm³/mol. The minimum Gasteiger partial charge on any atom is -0.464 e. The van der Waals surface area contributed by atoms with Gasteiger partial charge in [0.15, 0.2) is 0 Å². The smallest absolute Gasteiger partial charge is 0.416 e. The van der Waals surface area contributed by atoms with E-state index in [1.807, 2.05) is 86.3 Å². The SMILES string of the molecule is CN(C)c1ccc2c(c1)N(C)c1cc(N(C)C)ccc1N2C(=O)O. The van der Waals surface area contributed by atoms with Crippen molar-refractivity contribution in [2.24, 2.45) is 0 Å². The molecule has 126 valence electrons. The fraction of sp³-hybridized carbons (Fsp3) is 0.278. The van der Waals surface area contributed by atoms with Crippen molar-refractivity contribution in [3.63, 3.8) is 0 Å². The number of carboxylic acid groups (broad SMARTS) is 1. The molecule has 1 amide bonds. The molecule has 2 aromatic rings. The van der Waals surface area contributed by atoms with Crippen molar-refractivity contribution in [1.29, 1.82) is 0 Å². The van der Waals surface area contributed by atoms with Gasteiger partial charge in [-0.2, -0.15) is 0 Å². The third-order valence-electron chi connectivity index (χ3n) is 4.35. The number of fused-ring (bicyclic) bond motifs is 2. The number of amides is 1. The van der Waals surface area contributed by atoms with Gasteiger partial charge < -0.3 is 19.8 Å². The maximum atomic E-state index is 11.9. The average molecular weight is 326 g/mol.